The molecule has 2 rings (SSSR count). The van der Waals surface area contributed by atoms with Gasteiger partial charge in [-0.1, -0.05) is 12.1 Å². The molecule has 5 heteroatoms. The first-order valence-electron chi connectivity index (χ1n) is 6.88. The van der Waals surface area contributed by atoms with Gasteiger partial charge in [0, 0.05) is 13.1 Å². The van der Waals surface area contributed by atoms with Crippen molar-refractivity contribution in [3.05, 3.63) is 42.0 Å². The van der Waals surface area contributed by atoms with Crippen LogP contribution in [0.25, 0.3) is 0 Å². The minimum atomic E-state index is 0.431. The van der Waals surface area contributed by atoms with Crippen LogP contribution in [-0.4, -0.2) is 27.9 Å². The van der Waals surface area contributed by atoms with Crippen LogP contribution in [0.15, 0.2) is 30.6 Å². The number of hydrogen-bond acceptors (Lipinski definition) is 4. The summed E-state index contributed by atoms with van der Waals surface area (Å²) < 4.78 is 6.88. The molecule has 0 saturated carbocycles. The minimum Gasteiger partial charge on any atom is -0.497 e. The van der Waals surface area contributed by atoms with Gasteiger partial charge in [-0.05, 0) is 37.5 Å². The first-order chi connectivity index (χ1) is 9.67. The van der Waals surface area contributed by atoms with E-state index >= 15 is 0 Å². The lowest BCUT2D eigenvalue weighted by Crippen LogP contribution is -2.26. The molecule has 0 amide bonds. The van der Waals surface area contributed by atoms with E-state index in [4.69, 9.17) is 4.74 Å². The highest BCUT2D eigenvalue weighted by molar-refractivity contribution is 5.27. The van der Waals surface area contributed by atoms with Gasteiger partial charge >= 0.3 is 0 Å². The normalized spacial score (nSPS) is 12.3. The van der Waals surface area contributed by atoms with E-state index in [0.29, 0.717) is 12.6 Å². The highest BCUT2D eigenvalue weighted by Gasteiger charge is 2.05. The van der Waals surface area contributed by atoms with Crippen molar-refractivity contribution in [3.8, 4) is 5.75 Å². The van der Waals surface area contributed by atoms with Crippen molar-refractivity contribution in [2.75, 3.05) is 7.11 Å². The maximum Gasteiger partial charge on any atom is 0.164 e. The molecule has 0 fully saturated rings. The van der Waals surface area contributed by atoms with Crippen LogP contribution in [-0.2, 0) is 20.0 Å². The van der Waals surface area contributed by atoms with Crippen LogP contribution < -0.4 is 10.1 Å². The number of aryl methyl sites for hydroxylation is 2. The molecule has 1 atom stereocenters. The predicted octanol–water partition coefficient (Wildman–Crippen LogP) is 1.93. The number of aromatic nitrogens is 3. The van der Waals surface area contributed by atoms with Crippen LogP contribution in [0.3, 0.4) is 0 Å². The Bertz CT molecular complexity index is 521. The van der Waals surface area contributed by atoms with Crippen LogP contribution in [0.5, 0.6) is 5.75 Å². The second-order valence-corrected chi connectivity index (χ2v) is 5.00. The summed E-state index contributed by atoms with van der Waals surface area (Å²) in [5.74, 6) is 1.74. The standard InChI is InChI=1S/C15H22N4O/c1-12(16-10-15-17-11-19(2)18-15)4-5-13-6-8-14(20-3)9-7-13/h6-9,11-12,16H,4-5,10H2,1-3H3. The molecule has 0 spiro atoms. The largest absolute Gasteiger partial charge is 0.497 e. The van der Waals surface area contributed by atoms with Gasteiger partial charge in [-0.2, -0.15) is 5.10 Å². The van der Waals surface area contributed by atoms with Gasteiger partial charge in [-0.3, -0.25) is 4.68 Å². The summed E-state index contributed by atoms with van der Waals surface area (Å²) in [6.45, 7) is 2.90. The van der Waals surface area contributed by atoms with Crippen molar-refractivity contribution in [3.63, 3.8) is 0 Å². The average Bonchev–Trinajstić information content (AvgIpc) is 2.89. The zero-order valence-electron chi connectivity index (χ0n) is 12.3. The molecule has 0 aliphatic carbocycles. The van der Waals surface area contributed by atoms with E-state index in [1.165, 1.54) is 5.56 Å². The van der Waals surface area contributed by atoms with Crippen molar-refractivity contribution >= 4 is 0 Å². The number of methoxy groups -OCH3 is 1. The molecular formula is C15H22N4O. The summed E-state index contributed by atoms with van der Waals surface area (Å²) in [5, 5.41) is 7.69. The van der Waals surface area contributed by atoms with Crippen LogP contribution in [0.4, 0.5) is 0 Å². The second-order valence-electron chi connectivity index (χ2n) is 5.00. The number of nitrogens with zero attached hydrogens (tertiary/aromatic N) is 3. The lowest BCUT2D eigenvalue weighted by atomic mass is 10.1. The van der Waals surface area contributed by atoms with Gasteiger partial charge in [-0.15, -0.1) is 0 Å². The zero-order chi connectivity index (χ0) is 14.4. The van der Waals surface area contributed by atoms with E-state index in [2.05, 4.69) is 34.5 Å². The molecule has 0 saturated heterocycles. The molecule has 1 aromatic carbocycles. The zero-order valence-corrected chi connectivity index (χ0v) is 12.3. The van der Waals surface area contributed by atoms with Crippen molar-refractivity contribution in [2.45, 2.75) is 32.4 Å². The molecule has 1 heterocycles. The number of ether oxygens (including phenoxy) is 1. The quantitative estimate of drug-likeness (QED) is 0.838. The van der Waals surface area contributed by atoms with E-state index < -0.39 is 0 Å². The Kier molecular flexibility index (Phi) is 5.12. The lowest BCUT2D eigenvalue weighted by molar-refractivity contribution is 0.414. The Hall–Kier alpha value is -1.88. The molecule has 2 aromatic rings. The minimum absolute atomic E-state index is 0.431. The summed E-state index contributed by atoms with van der Waals surface area (Å²) in [5.41, 5.74) is 1.33. The van der Waals surface area contributed by atoms with Crippen molar-refractivity contribution in [1.29, 1.82) is 0 Å². The fraction of sp³-hybridized carbons (Fsp3) is 0.467. The first kappa shape index (κ1) is 14.5. The Morgan fingerprint density at radius 2 is 2.05 bits per heavy atom. The van der Waals surface area contributed by atoms with Crippen molar-refractivity contribution in [1.82, 2.24) is 20.1 Å². The van der Waals surface area contributed by atoms with Gasteiger partial charge in [0.05, 0.1) is 13.7 Å². The molecule has 20 heavy (non-hydrogen) atoms. The molecule has 0 aliphatic rings. The van der Waals surface area contributed by atoms with E-state index in [1.54, 1.807) is 18.1 Å². The lowest BCUT2D eigenvalue weighted by Gasteiger charge is -2.12. The Labute approximate surface area is 120 Å². The highest BCUT2D eigenvalue weighted by Crippen LogP contribution is 2.13. The molecule has 1 aromatic heterocycles. The Balaban J connectivity index is 1.72. The van der Waals surface area contributed by atoms with Gasteiger partial charge in [0.2, 0.25) is 0 Å². The third-order valence-electron chi connectivity index (χ3n) is 3.28. The number of nitrogens with one attached hydrogen (secondary N) is 1. The molecule has 0 aliphatic heterocycles. The predicted molar refractivity (Wildman–Crippen MR) is 78.6 cm³/mol. The monoisotopic (exact) mass is 274 g/mol. The molecule has 1 unspecified atom stereocenters. The maximum absolute atomic E-state index is 5.16. The fourth-order valence-corrected chi connectivity index (χ4v) is 2.01. The van der Waals surface area contributed by atoms with Gasteiger partial charge in [0.15, 0.2) is 5.82 Å². The van der Waals surface area contributed by atoms with Gasteiger partial charge in [-0.25, -0.2) is 4.98 Å². The van der Waals surface area contributed by atoms with Crippen LogP contribution in [0, 0.1) is 0 Å². The van der Waals surface area contributed by atoms with Gasteiger partial charge in [0.25, 0.3) is 0 Å². The van der Waals surface area contributed by atoms with Gasteiger partial charge in [0.1, 0.15) is 12.1 Å². The molecule has 0 bridgehead atoms. The molecule has 1 N–H and O–H groups in total. The van der Waals surface area contributed by atoms with Crippen LogP contribution in [0.2, 0.25) is 0 Å². The topological polar surface area (TPSA) is 52.0 Å². The highest BCUT2D eigenvalue weighted by atomic mass is 16.5. The summed E-state index contributed by atoms with van der Waals surface area (Å²) in [4.78, 5) is 4.20. The third-order valence-corrected chi connectivity index (χ3v) is 3.28. The summed E-state index contributed by atoms with van der Waals surface area (Å²) in [7, 11) is 3.57. The van der Waals surface area contributed by atoms with Crippen LogP contribution >= 0.6 is 0 Å². The SMILES string of the molecule is COc1ccc(CCC(C)NCc2ncn(C)n2)cc1. The maximum atomic E-state index is 5.16. The van der Waals surface area contributed by atoms with E-state index in [1.807, 2.05) is 19.2 Å². The molecule has 0 radical (unpaired) electrons. The summed E-state index contributed by atoms with van der Waals surface area (Å²) >= 11 is 0. The summed E-state index contributed by atoms with van der Waals surface area (Å²) in [6.07, 6.45) is 3.85. The molecule has 5 nitrogen and oxygen atoms in total. The average molecular weight is 274 g/mol. The smallest absolute Gasteiger partial charge is 0.164 e. The van der Waals surface area contributed by atoms with E-state index in [-0.39, 0.29) is 0 Å². The third kappa shape index (κ3) is 4.35. The summed E-state index contributed by atoms with van der Waals surface area (Å²) in [6, 6.07) is 8.68. The molecular weight excluding hydrogens is 252 g/mol. The van der Waals surface area contributed by atoms with E-state index in [9.17, 15) is 0 Å². The Morgan fingerprint density at radius 3 is 2.65 bits per heavy atom. The van der Waals surface area contributed by atoms with Crippen molar-refractivity contribution in [2.24, 2.45) is 7.05 Å². The number of rotatable bonds is 7. The van der Waals surface area contributed by atoms with E-state index in [0.717, 1.165) is 24.4 Å². The fourth-order valence-electron chi connectivity index (χ4n) is 2.01. The first-order valence-corrected chi connectivity index (χ1v) is 6.88. The Morgan fingerprint density at radius 1 is 1.30 bits per heavy atom. The van der Waals surface area contributed by atoms with Crippen molar-refractivity contribution < 1.29 is 4.74 Å². The molecule has 108 valence electrons. The number of hydrogen-bond donors (Lipinski definition) is 1. The number of benzene rings is 1. The van der Waals surface area contributed by atoms with Crippen LogP contribution in [0.1, 0.15) is 24.7 Å². The second kappa shape index (κ2) is 7.05. The van der Waals surface area contributed by atoms with Gasteiger partial charge < -0.3 is 10.1 Å².